The van der Waals surface area contributed by atoms with Gasteiger partial charge in [0.1, 0.15) is 11.8 Å². The molecule has 0 aliphatic carbocycles. The molecule has 1 aliphatic heterocycles. The summed E-state index contributed by atoms with van der Waals surface area (Å²) in [7, 11) is -3.70. The van der Waals surface area contributed by atoms with E-state index in [9.17, 15) is 13.5 Å². The van der Waals surface area contributed by atoms with E-state index in [1.54, 1.807) is 29.2 Å². The normalized spacial score (nSPS) is 21.7. The highest BCUT2D eigenvalue weighted by Gasteiger charge is 2.42. The third kappa shape index (κ3) is 6.74. The molecule has 176 valence electrons. The standard InChI is InChI=1S/C20H30N6O5S/c1-14-19(31-20(2,3)30-14)18(27)12-22-9-4-10-26-13-16(24-25-26)11-23-15-5-7-17(8-6-15)32(21,28)29/h4-9,13-14,18-19,22-23,27H,10-12H2,1-3H3,(H2,21,28,29)/b9-4+/t14-,18-,19-/m1/s1. The number of nitrogens with zero attached hydrogens (tertiary/aromatic N) is 3. The van der Waals surface area contributed by atoms with E-state index in [0.717, 1.165) is 11.4 Å². The number of ether oxygens (including phenoxy) is 2. The lowest BCUT2D eigenvalue weighted by Gasteiger charge is -2.21. The fraction of sp³-hybridized carbons (Fsp3) is 0.500. The first-order valence-corrected chi connectivity index (χ1v) is 11.8. The summed E-state index contributed by atoms with van der Waals surface area (Å²) < 4.78 is 35.6. The second kappa shape index (κ2) is 9.96. The Hall–Kier alpha value is -2.51. The number of sulfonamides is 1. The molecule has 12 heteroatoms. The lowest BCUT2D eigenvalue weighted by molar-refractivity contribution is -0.154. The van der Waals surface area contributed by atoms with Crippen LogP contribution in [0, 0.1) is 0 Å². The Balaban J connectivity index is 1.39. The molecule has 1 aromatic heterocycles. The molecule has 1 fully saturated rings. The predicted molar refractivity (Wildman–Crippen MR) is 118 cm³/mol. The van der Waals surface area contributed by atoms with Crippen LogP contribution in [0.1, 0.15) is 26.5 Å². The van der Waals surface area contributed by atoms with E-state index in [1.807, 2.05) is 26.8 Å². The maximum absolute atomic E-state index is 11.3. The Labute approximate surface area is 187 Å². The van der Waals surface area contributed by atoms with Crippen molar-refractivity contribution in [2.24, 2.45) is 5.14 Å². The zero-order valence-corrected chi connectivity index (χ0v) is 19.1. The SMILES string of the molecule is C[C@H]1OC(C)(C)O[C@H]1[C@H](O)CN/C=C/Cn1cc(CNc2ccc(S(N)(=O)=O)cc2)nn1. The van der Waals surface area contributed by atoms with Crippen molar-refractivity contribution in [1.29, 1.82) is 0 Å². The van der Waals surface area contributed by atoms with E-state index in [-0.39, 0.29) is 17.1 Å². The molecular formula is C20H30N6O5S. The molecule has 0 bridgehead atoms. The van der Waals surface area contributed by atoms with Crippen LogP contribution in [0.4, 0.5) is 5.69 Å². The van der Waals surface area contributed by atoms with Gasteiger partial charge in [0.15, 0.2) is 5.79 Å². The van der Waals surface area contributed by atoms with E-state index >= 15 is 0 Å². The number of allylic oxidation sites excluding steroid dienone is 1. The number of aliphatic hydroxyl groups excluding tert-OH is 1. The largest absolute Gasteiger partial charge is 0.388 e. The van der Waals surface area contributed by atoms with Crippen molar-refractivity contribution in [2.75, 3.05) is 11.9 Å². The molecule has 32 heavy (non-hydrogen) atoms. The van der Waals surface area contributed by atoms with Crippen molar-refractivity contribution < 1.29 is 23.0 Å². The molecular weight excluding hydrogens is 436 g/mol. The van der Waals surface area contributed by atoms with Crippen molar-refractivity contribution in [3.05, 3.63) is 48.4 Å². The lowest BCUT2D eigenvalue weighted by atomic mass is 10.1. The second-order valence-electron chi connectivity index (χ2n) is 8.04. The van der Waals surface area contributed by atoms with Gasteiger partial charge in [-0.3, -0.25) is 0 Å². The Bertz CT molecular complexity index is 1020. The summed E-state index contributed by atoms with van der Waals surface area (Å²) in [4.78, 5) is 0.0596. The van der Waals surface area contributed by atoms with Gasteiger partial charge >= 0.3 is 0 Å². The van der Waals surface area contributed by atoms with Gasteiger partial charge in [-0.15, -0.1) is 5.10 Å². The summed E-state index contributed by atoms with van der Waals surface area (Å²) in [6.07, 6.45) is 4.16. The summed E-state index contributed by atoms with van der Waals surface area (Å²) in [6, 6.07) is 6.15. The van der Waals surface area contributed by atoms with Crippen molar-refractivity contribution >= 4 is 15.7 Å². The third-order valence-electron chi connectivity index (χ3n) is 4.83. The van der Waals surface area contributed by atoms with E-state index in [1.165, 1.54) is 12.1 Å². The minimum absolute atomic E-state index is 0.0596. The van der Waals surface area contributed by atoms with Crippen LogP contribution in [-0.2, 0) is 32.6 Å². The number of benzene rings is 1. The Morgan fingerprint density at radius 3 is 2.66 bits per heavy atom. The Kier molecular flexibility index (Phi) is 7.51. The summed E-state index contributed by atoms with van der Waals surface area (Å²) in [5.74, 6) is -0.685. The number of nitrogens with two attached hydrogens (primary N) is 1. The average Bonchev–Trinajstić information content (AvgIpc) is 3.28. The van der Waals surface area contributed by atoms with Gasteiger partial charge in [-0.25, -0.2) is 18.2 Å². The fourth-order valence-electron chi connectivity index (χ4n) is 3.37. The summed E-state index contributed by atoms with van der Waals surface area (Å²) in [5.41, 5.74) is 1.47. The minimum Gasteiger partial charge on any atom is -0.388 e. The molecule has 1 saturated heterocycles. The van der Waals surface area contributed by atoms with Crippen LogP contribution in [0.2, 0.25) is 0 Å². The molecule has 0 radical (unpaired) electrons. The Morgan fingerprint density at radius 1 is 1.31 bits per heavy atom. The molecule has 5 N–H and O–H groups in total. The number of hydrogen-bond donors (Lipinski definition) is 4. The number of aliphatic hydroxyl groups is 1. The number of aromatic nitrogens is 3. The zero-order valence-electron chi connectivity index (χ0n) is 18.3. The number of primary sulfonamides is 1. The quantitative estimate of drug-likeness (QED) is 0.393. The van der Waals surface area contributed by atoms with Crippen LogP contribution < -0.4 is 15.8 Å². The molecule has 0 saturated carbocycles. The van der Waals surface area contributed by atoms with Crippen LogP contribution in [0.15, 0.2) is 47.6 Å². The highest BCUT2D eigenvalue weighted by atomic mass is 32.2. The first-order chi connectivity index (χ1) is 15.0. The first kappa shape index (κ1) is 24.1. The van der Waals surface area contributed by atoms with Crippen LogP contribution in [0.3, 0.4) is 0 Å². The van der Waals surface area contributed by atoms with E-state index in [2.05, 4.69) is 20.9 Å². The molecule has 0 spiro atoms. The highest BCUT2D eigenvalue weighted by molar-refractivity contribution is 7.89. The van der Waals surface area contributed by atoms with E-state index in [0.29, 0.717) is 19.6 Å². The van der Waals surface area contributed by atoms with Crippen LogP contribution in [0.25, 0.3) is 0 Å². The molecule has 1 aromatic carbocycles. The summed E-state index contributed by atoms with van der Waals surface area (Å²) >= 11 is 0. The Morgan fingerprint density at radius 2 is 2.03 bits per heavy atom. The predicted octanol–water partition coefficient (Wildman–Crippen LogP) is 0.542. The third-order valence-corrected chi connectivity index (χ3v) is 5.76. The summed E-state index contributed by atoms with van der Waals surface area (Å²) in [5, 5.41) is 29.8. The van der Waals surface area contributed by atoms with Gasteiger partial charge < -0.3 is 25.2 Å². The lowest BCUT2D eigenvalue weighted by Crippen LogP contribution is -2.40. The topological polar surface area (TPSA) is 154 Å². The minimum atomic E-state index is -3.70. The first-order valence-electron chi connectivity index (χ1n) is 10.2. The number of rotatable bonds is 10. The maximum atomic E-state index is 11.3. The van der Waals surface area contributed by atoms with Crippen LogP contribution in [0.5, 0.6) is 0 Å². The van der Waals surface area contributed by atoms with Crippen molar-refractivity contribution in [2.45, 2.75) is 62.9 Å². The molecule has 0 unspecified atom stereocenters. The number of nitrogens with one attached hydrogen (secondary N) is 2. The van der Waals surface area contributed by atoms with Gasteiger partial charge in [0.05, 0.1) is 36.4 Å². The monoisotopic (exact) mass is 466 g/mol. The number of anilines is 1. The van der Waals surface area contributed by atoms with Gasteiger partial charge in [0, 0.05) is 12.2 Å². The van der Waals surface area contributed by atoms with Gasteiger partial charge in [-0.2, -0.15) is 0 Å². The molecule has 1 aliphatic rings. The van der Waals surface area contributed by atoms with Crippen LogP contribution in [-0.4, -0.2) is 59.2 Å². The molecule has 0 amide bonds. The van der Waals surface area contributed by atoms with E-state index in [4.69, 9.17) is 14.6 Å². The van der Waals surface area contributed by atoms with Crippen molar-refractivity contribution in [1.82, 2.24) is 20.3 Å². The molecule has 11 nitrogen and oxygen atoms in total. The van der Waals surface area contributed by atoms with Crippen LogP contribution >= 0.6 is 0 Å². The highest BCUT2D eigenvalue weighted by Crippen LogP contribution is 2.29. The number of hydrogen-bond acceptors (Lipinski definition) is 9. The second-order valence-corrected chi connectivity index (χ2v) is 9.60. The molecule has 3 rings (SSSR count). The zero-order chi connectivity index (χ0) is 23.4. The van der Waals surface area contributed by atoms with Gasteiger partial charge in [0.2, 0.25) is 10.0 Å². The van der Waals surface area contributed by atoms with Gasteiger partial charge in [-0.1, -0.05) is 5.21 Å². The van der Waals surface area contributed by atoms with Crippen molar-refractivity contribution in [3.8, 4) is 0 Å². The van der Waals surface area contributed by atoms with Gasteiger partial charge in [-0.05, 0) is 57.3 Å². The fourth-order valence-corrected chi connectivity index (χ4v) is 3.89. The van der Waals surface area contributed by atoms with Crippen molar-refractivity contribution in [3.63, 3.8) is 0 Å². The maximum Gasteiger partial charge on any atom is 0.238 e. The van der Waals surface area contributed by atoms with Gasteiger partial charge in [0.25, 0.3) is 0 Å². The van der Waals surface area contributed by atoms with E-state index < -0.39 is 21.9 Å². The molecule has 3 atom stereocenters. The molecule has 2 heterocycles. The summed E-state index contributed by atoms with van der Waals surface area (Å²) in [6.45, 7) is 6.81. The average molecular weight is 467 g/mol. The molecule has 2 aromatic rings. The smallest absolute Gasteiger partial charge is 0.238 e.